The first-order valence-electron chi connectivity index (χ1n) is 8.55. The summed E-state index contributed by atoms with van der Waals surface area (Å²) in [6.07, 6.45) is 2.15. The second-order valence-electron chi connectivity index (χ2n) is 6.16. The van der Waals surface area contributed by atoms with Crippen LogP contribution in [0.1, 0.15) is 36.7 Å². The summed E-state index contributed by atoms with van der Waals surface area (Å²) in [4.78, 5) is 27.3. The number of aryl methyl sites for hydroxylation is 2. The summed E-state index contributed by atoms with van der Waals surface area (Å²) in [7, 11) is 0. The van der Waals surface area contributed by atoms with Crippen LogP contribution in [0.2, 0.25) is 0 Å². The number of unbranched alkanes of at least 4 members (excludes halogenated alkanes) is 1. The lowest BCUT2D eigenvalue weighted by molar-refractivity contribution is -0.384. The molecular weight excluding hydrogens is 352 g/mol. The number of nitro benzene ring substituents is 1. The maximum absolute atomic E-state index is 12.3. The lowest BCUT2D eigenvalue weighted by Crippen LogP contribution is -2.15. The van der Waals surface area contributed by atoms with Crippen molar-refractivity contribution in [2.24, 2.45) is 0 Å². The zero-order valence-electron chi connectivity index (χ0n) is 15.5. The van der Waals surface area contributed by atoms with E-state index in [9.17, 15) is 14.9 Å². The quantitative estimate of drug-likeness (QED) is 0.423. The van der Waals surface area contributed by atoms with E-state index in [2.05, 4.69) is 21.8 Å². The summed E-state index contributed by atoms with van der Waals surface area (Å²) >= 11 is 1.38. The molecule has 7 nitrogen and oxygen atoms in total. The van der Waals surface area contributed by atoms with Crippen molar-refractivity contribution in [1.82, 2.24) is 9.55 Å². The Labute approximate surface area is 157 Å². The van der Waals surface area contributed by atoms with Crippen molar-refractivity contribution >= 4 is 29.0 Å². The fraction of sp³-hybridized carbons (Fsp3) is 0.444. The number of imidazole rings is 1. The number of nitro groups is 1. The molecule has 26 heavy (non-hydrogen) atoms. The SMILES string of the molecule is CCCCn1c(SCC(=O)Nc2cc([N+](=O)[O-])ccc2C)nc(C)c1C. The number of carbonyl (C=O) groups is 1. The third kappa shape index (κ3) is 4.85. The maximum Gasteiger partial charge on any atom is 0.271 e. The number of aromatic nitrogens is 2. The van der Waals surface area contributed by atoms with Crippen molar-refractivity contribution in [3.63, 3.8) is 0 Å². The van der Waals surface area contributed by atoms with Gasteiger partial charge in [-0.1, -0.05) is 31.2 Å². The number of hydrogen-bond acceptors (Lipinski definition) is 5. The van der Waals surface area contributed by atoms with Gasteiger partial charge in [0.05, 0.1) is 22.1 Å². The van der Waals surface area contributed by atoms with Crippen LogP contribution in [0.25, 0.3) is 0 Å². The van der Waals surface area contributed by atoms with Crippen LogP contribution < -0.4 is 5.32 Å². The zero-order valence-corrected chi connectivity index (χ0v) is 16.4. The molecule has 2 rings (SSSR count). The fourth-order valence-electron chi connectivity index (χ4n) is 2.49. The lowest BCUT2D eigenvalue weighted by atomic mass is 10.2. The van der Waals surface area contributed by atoms with Gasteiger partial charge in [0.15, 0.2) is 5.16 Å². The van der Waals surface area contributed by atoms with Gasteiger partial charge in [0, 0.05) is 24.4 Å². The van der Waals surface area contributed by atoms with Gasteiger partial charge in [-0.25, -0.2) is 4.98 Å². The van der Waals surface area contributed by atoms with Crippen LogP contribution in [0.5, 0.6) is 0 Å². The first-order valence-corrected chi connectivity index (χ1v) is 9.53. The highest BCUT2D eigenvalue weighted by Gasteiger charge is 2.15. The maximum atomic E-state index is 12.3. The summed E-state index contributed by atoms with van der Waals surface area (Å²) in [5, 5.41) is 14.5. The molecule has 1 N–H and O–H groups in total. The van der Waals surface area contributed by atoms with E-state index >= 15 is 0 Å². The monoisotopic (exact) mass is 376 g/mol. The minimum atomic E-state index is -0.472. The molecule has 1 aromatic carbocycles. The number of nitrogens with one attached hydrogen (secondary N) is 1. The molecular formula is C18H24N4O3S. The predicted octanol–water partition coefficient (Wildman–Crippen LogP) is 4.25. The van der Waals surface area contributed by atoms with Crippen LogP contribution in [-0.2, 0) is 11.3 Å². The average molecular weight is 376 g/mol. The van der Waals surface area contributed by atoms with Crippen LogP contribution >= 0.6 is 11.8 Å². The van der Waals surface area contributed by atoms with E-state index in [0.29, 0.717) is 5.69 Å². The van der Waals surface area contributed by atoms with Gasteiger partial charge >= 0.3 is 0 Å². The summed E-state index contributed by atoms with van der Waals surface area (Å²) in [5.74, 6) is -0.0107. The van der Waals surface area contributed by atoms with Crippen molar-refractivity contribution in [1.29, 1.82) is 0 Å². The van der Waals surface area contributed by atoms with Crippen molar-refractivity contribution in [3.05, 3.63) is 45.3 Å². The first-order chi connectivity index (χ1) is 12.3. The van der Waals surface area contributed by atoms with Gasteiger partial charge in [-0.05, 0) is 32.8 Å². The average Bonchev–Trinajstić information content (AvgIpc) is 2.87. The molecule has 0 bridgehead atoms. The number of carbonyl (C=O) groups excluding carboxylic acids is 1. The smallest absolute Gasteiger partial charge is 0.271 e. The largest absolute Gasteiger partial charge is 0.325 e. The Morgan fingerprint density at radius 3 is 2.73 bits per heavy atom. The molecule has 1 heterocycles. The van der Waals surface area contributed by atoms with Crippen LogP contribution in [-0.4, -0.2) is 26.1 Å². The van der Waals surface area contributed by atoms with Crippen molar-refractivity contribution < 1.29 is 9.72 Å². The van der Waals surface area contributed by atoms with E-state index in [4.69, 9.17) is 0 Å². The highest BCUT2D eigenvalue weighted by Crippen LogP contribution is 2.24. The molecule has 0 radical (unpaired) electrons. The number of nitrogens with zero attached hydrogens (tertiary/aromatic N) is 3. The topological polar surface area (TPSA) is 90.1 Å². The van der Waals surface area contributed by atoms with E-state index in [1.165, 1.54) is 23.9 Å². The third-order valence-electron chi connectivity index (χ3n) is 4.20. The molecule has 0 aliphatic rings. The number of non-ortho nitro benzene ring substituents is 1. The van der Waals surface area contributed by atoms with Crippen molar-refractivity contribution in [2.45, 2.75) is 52.2 Å². The molecule has 140 valence electrons. The van der Waals surface area contributed by atoms with Crippen LogP contribution in [0.3, 0.4) is 0 Å². The molecule has 1 amide bonds. The lowest BCUT2D eigenvalue weighted by Gasteiger charge is -2.10. The summed E-state index contributed by atoms with van der Waals surface area (Å²) in [6, 6.07) is 4.44. The summed E-state index contributed by atoms with van der Waals surface area (Å²) in [5.41, 5.74) is 3.30. The number of amides is 1. The van der Waals surface area contributed by atoms with Gasteiger partial charge < -0.3 is 9.88 Å². The fourth-order valence-corrected chi connectivity index (χ4v) is 3.41. The number of benzene rings is 1. The summed E-state index contributed by atoms with van der Waals surface area (Å²) < 4.78 is 2.15. The highest BCUT2D eigenvalue weighted by molar-refractivity contribution is 7.99. The number of rotatable bonds is 8. The van der Waals surface area contributed by atoms with E-state index in [1.807, 2.05) is 13.8 Å². The van der Waals surface area contributed by atoms with E-state index < -0.39 is 4.92 Å². The molecule has 0 unspecified atom stereocenters. The zero-order chi connectivity index (χ0) is 19.3. The third-order valence-corrected chi connectivity index (χ3v) is 5.17. The molecule has 8 heteroatoms. The number of thioether (sulfide) groups is 1. The standard InChI is InChI=1S/C18H24N4O3S/c1-5-6-9-21-14(4)13(3)19-18(21)26-11-17(23)20-16-10-15(22(24)25)8-7-12(16)2/h7-8,10H,5-6,9,11H2,1-4H3,(H,20,23). The minimum absolute atomic E-state index is 0.0417. The van der Waals surface area contributed by atoms with Crippen LogP contribution in [0.15, 0.2) is 23.4 Å². The summed E-state index contributed by atoms with van der Waals surface area (Å²) in [6.45, 7) is 8.83. The van der Waals surface area contributed by atoms with Gasteiger partial charge in [0.2, 0.25) is 5.91 Å². The van der Waals surface area contributed by atoms with Crippen LogP contribution in [0, 0.1) is 30.9 Å². The molecule has 0 spiro atoms. The van der Waals surface area contributed by atoms with Gasteiger partial charge in [-0.15, -0.1) is 0 Å². The Balaban J connectivity index is 2.05. The molecule has 0 aliphatic heterocycles. The molecule has 2 aromatic rings. The van der Waals surface area contributed by atoms with E-state index in [1.54, 1.807) is 13.0 Å². The molecule has 0 fully saturated rings. The molecule has 0 aliphatic carbocycles. The Morgan fingerprint density at radius 1 is 1.35 bits per heavy atom. The first kappa shape index (κ1) is 20.0. The predicted molar refractivity (Wildman–Crippen MR) is 104 cm³/mol. The molecule has 0 saturated carbocycles. The van der Waals surface area contributed by atoms with Crippen molar-refractivity contribution in [2.75, 3.05) is 11.1 Å². The molecule has 1 aromatic heterocycles. The van der Waals surface area contributed by atoms with Gasteiger partial charge in [0.25, 0.3) is 5.69 Å². The molecule has 0 saturated heterocycles. The van der Waals surface area contributed by atoms with E-state index in [-0.39, 0.29) is 17.3 Å². The second kappa shape index (κ2) is 8.84. The van der Waals surface area contributed by atoms with Gasteiger partial charge in [0.1, 0.15) is 0 Å². The minimum Gasteiger partial charge on any atom is -0.325 e. The Hall–Kier alpha value is -2.35. The Kier molecular flexibility index (Phi) is 6.79. The highest BCUT2D eigenvalue weighted by atomic mass is 32.2. The Bertz CT molecular complexity index is 817. The van der Waals surface area contributed by atoms with Gasteiger partial charge in [-0.2, -0.15) is 0 Å². The van der Waals surface area contributed by atoms with Crippen molar-refractivity contribution in [3.8, 4) is 0 Å². The van der Waals surface area contributed by atoms with E-state index in [0.717, 1.165) is 41.5 Å². The molecule has 0 atom stereocenters. The second-order valence-corrected chi connectivity index (χ2v) is 7.11. The van der Waals surface area contributed by atoms with Crippen LogP contribution in [0.4, 0.5) is 11.4 Å². The normalized spacial score (nSPS) is 10.8. The number of anilines is 1. The number of hydrogen-bond donors (Lipinski definition) is 1. The Morgan fingerprint density at radius 2 is 2.08 bits per heavy atom. The van der Waals surface area contributed by atoms with Gasteiger partial charge in [-0.3, -0.25) is 14.9 Å².